The van der Waals surface area contributed by atoms with E-state index in [9.17, 15) is 4.79 Å². The number of aliphatic imine (C=N–C) groups is 1. The van der Waals surface area contributed by atoms with Crippen molar-refractivity contribution in [2.24, 2.45) is 10.9 Å². The van der Waals surface area contributed by atoms with Crippen LogP contribution in [-0.4, -0.2) is 55.8 Å². The van der Waals surface area contributed by atoms with Gasteiger partial charge >= 0.3 is 6.09 Å². The van der Waals surface area contributed by atoms with Crippen LogP contribution in [0.3, 0.4) is 0 Å². The van der Waals surface area contributed by atoms with Crippen molar-refractivity contribution in [3.05, 3.63) is 0 Å². The molecule has 0 unspecified atom stereocenters. The molecule has 1 amide bonds. The van der Waals surface area contributed by atoms with E-state index in [-0.39, 0.29) is 6.09 Å². The number of ether oxygens (including phenoxy) is 1. The van der Waals surface area contributed by atoms with E-state index in [1.54, 1.807) is 4.90 Å². The zero-order valence-electron chi connectivity index (χ0n) is 13.8. The van der Waals surface area contributed by atoms with Gasteiger partial charge in [-0.3, -0.25) is 4.99 Å². The first kappa shape index (κ1) is 17.6. The van der Waals surface area contributed by atoms with Crippen LogP contribution in [0, 0.1) is 5.92 Å². The summed E-state index contributed by atoms with van der Waals surface area (Å²) in [6.07, 6.45) is 1.65. The second-order valence-electron chi connectivity index (χ2n) is 5.72. The summed E-state index contributed by atoms with van der Waals surface area (Å²) < 4.78 is 5.03. The molecular formula is C15H30N4O2. The van der Waals surface area contributed by atoms with Crippen molar-refractivity contribution in [2.75, 3.05) is 32.8 Å². The lowest BCUT2D eigenvalue weighted by atomic mass is 10.1. The number of carbonyl (C=O) groups excluding carboxylic acids is 1. The van der Waals surface area contributed by atoms with Gasteiger partial charge in [-0.05, 0) is 32.6 Å². The van der Waals surface area contributed by atoms with Gasteiger partial charge in [-0.15, -0.1) is 0 Å². The number of hydrogen-bond donors (Lipinski definition) is 2. The van der Waals surface area contributed by atoms with Crippen LogP contribution in [0.5, 0.6) is 0 Å². The molecule has 6 nitrogen and oxygen atoms in total. The van der Waals surface area contributed by atoms with Gasteiger partial charge in [0.05, 0.1) is 6.61 Å². The molecule has 1 fully saturated rings. The predicted octanol–water partition coefficient (Wildman–Crippen LogP) is 1.82. The fraction of sp³-hybridized carbons (Fsp3) is 0.867. The molecule has 0 aliphatic carbocycles. The van der Waals surface area contributed by atoms with Crippen LogP contribution in [-0.2, 0) is 4.74 Å². The number of amides is 1. The van der Waals surface area contributed by atoms with Gasteiger partial charge in [-0.1, -0.05) is 13.8 Å². The zero-order chi connectivity index (χ0) is 15.7. The van der Waals surface area contributed by atoms with Gasteiger partial charge in [-0.25, -0.2) is 4.79 Å². The Kier molecular flexibility index (Phi) is 7.93. The Bertz CT molecular complexity index is 337. The maximum absolute atomic E-state index is 11.7. The summed E-state index contributed by atoms with van der Waals surface area (Å²) in [7, 11) is 0. The minimum Gasteiger partial charge on any atom is -0.450 e. The van der Waals surface area contributed by atoms with Gasteiger partial charge in [0.25, 0.3) is 0 Å². The summed E-state index contributed by atoms with van der Waals surface area (Å²) in [5.41, 5.74) is 0. The van der Waals surface area contributed by atoms with Crippen molar-refractivity contribution < 1.29 is 9.53 Å². The van der Waals surface area contributed by atoms with E-state index < -0.39 is 0 Å². The van der Waals surface area contributed by atoms with Crippen molar-refractivity contribution >= 4 is 12.1 Å². The molecule has 1 aliphatic rings. The number of likely N-dealkylation sites (tertiary alicyclic amines) is 1. The fourth-order valence-electron chi connectivity index (χ4n) is 2.21. The van der Waals surface area contributed by atoms with Gasteiger partial charge < -0.3 is 20.3 Å². The van der Waals surface area contributed by atoms with Crippen LogP contribution in [0.1, 0.15) is 40.5 Å². The van der Waals surface area contributed by atoms with Crippen LogP contribution in [0.15, 0.2) is 4.99 Å². The highest BCUT2D eigenvalue weighted by Crippen LogP contribution is 2.11. The molecule has 21 heavy (non-hydrogen) atoms. The maximum Gasteiger partial charge on any atom is 0.409 e. The second kappa shape index (κ2) is 9.47. The average molecular weight is 298 g/mol. The summed E-state index contributed by atoms with van der Waals surface area (Å²) in [5.74, 6) is 1.42. The normalized spacial score (nSPS) is 17.0. The standard InChI is InChI=1S/C15H30N4O2/c1-5-16-14(17-11-12(3)4)18-13-7-9-19(10-8-13)15(20)21-6-2/h12-13H,5-11H2,1-4H3,(H2,16,17,18). The first-order valence-corrected chi connectivity index (χ1v) is 8.03. The number of carbonyl (C=O) groups is 1. The third kappa shape index (κ3) is 6.69. The van der Waals surface area contributed by atoms with Crippen molar-refractivity contribution in [3.63, 3.8) is 0 Å². The summed E-state index contributed by atoms with van der Waals surface area (Å²) in [6.45, 7) is 11.8. The van der Waals surface area contributed by atoms with Crippen LogP contribution >= 0.6 is 0 Å². The number of hydrogen-bond acceptors (Lipinski definition) is 3. The lowest BCUT2D eigenvalue weighted by Crippen LogP contribution is -2.50. The van der Waals surface area contributed by atoms with Gasteiger partial charge in [0, 0.05) is 32.2 Å². The first-order valence-electron chi connectivity index (χ1n) is 8.03. The molecule has 122 valence electrons. The lowest BCUT2D eigenvalue weighted by Gasteiger charge is -2.32. The monoisotopic (exact) mass is 298 g/mol. The molecular weight excluding hydrogens is 268 g/mol. The van der Waals surface area contributed by atoms with E-state index in [2.05, 4.69) is 36.4 Å². The minimum atomic E-state index is -0.198. The first-order chi connectivity index (χ1) is 10.1. The Balaban J connectivity index is 2.41. The lowest BCUT2D eigenvalue weighted by molar-refractivity contribution is 0.0963. The number of piperidine rings is 1. The largest absolute Gasteiger partial charge is 0.450 e. The Hall–Kier alpha value is -1.46. The highest BCUT2D eigenvalue weighted by atomic mass is 16.6. The topological polar surface area (TPSA) is 66.0 Å². The molecule has 2 N–H and O–H groups in total. The SMILES string of the molecule is CCNC(=NCC(C)C)NC1CCN(C(=O)OCC)CC1. The van der Waals surface area contributed by atoms with E-state index >= 15 is 0 Å². The molecule has 0 spiro atoms. The quantitative estimate of drug-likeness (QED) is 0.600. The van der Waals surface area contributed by atoms with Crippen LogP contribution in [0.25, 0.3) is 0 Å². The molecule has 0 atom stereocenters. The van der Waals surface area contributed by atoms with Crippen LogP contribution in [0.4, 0.5) is 4.79 Å². The third-order valence-electron chi connectivity index (χ3n) is 3.32. The minimum absolute atomic E-state index is 0.198. The smallest absolute Gasteiger partial charge is 0.409 e. The number of guanidine groups is 1. The molecule has 0 aromatic carbocycles. The van der Waals surface area contributed by atoms with Crippen molar-refractivity contribution in [3.8, 4) is 0 Å². The van der Waals surface area contributed by atoms with Gasteiger partial charge in [0.15, 0.2) is 5.96 Å². The predicted molar refractivity (Wildman–Crippen MR) is 85.6 cm³/mol. The third-order valence-corrected chi connectivity index (χ3v) is 3.32. The zero-order valence-corrected chi connectivity index (χ0v) is 13.8. The van der Waals surface area contributed by atoms with Crippen LogP contribution < -0.4 is 10.6 Å². The van der Waals surface area contributed by atoms with Gasteiger partial charge in [0.1, 0.15) is 0 Å². The van der Waals surface area contributed by atoms with Gasteiger partial charge in [0.2, 0.25) is 0 Å². The van der Waals surface area contributed by atoms with E-state index in [0.29, 0.717) is 18.6 Å². The highest BCUT2D eigenvalue weighted by Gasteiger charge is 2.23. The van der Waals surface area contributed by atoms with Crippen molar-refractivity contribution in [2.45, 2.75) is 46.6 Å². The summed E-state index contributed by atoms with van der Waals surface area (Å²) >= 11 is 0. The molecule has 1 rings (SSSR count). The average Bonchev–Trinajstić information content (AvgIpc) is 2.46. The van der Waals surface area contributed by atoms with Gasteiger partial charge in [-0.2, -0.15) is 0 Å². The Morgan fingerprint density at radius 1 is 1.33 bits per heavy atom. The molecule has 0 saturated carbocycles. The molecule has 1 saturated heterocycles. The molecule has 0 radical (unpaired) electrons. The van der Waals surface area contributed by atoms with Crippen molar-refractivity contribution in [1.82, 2.24) is 15.5 Å². The molecule has 0 bridgehead atoms. The Morgan fingerprint density at radius 2 is 2.00 bits per heavy atom. The molecule has 0 aromatic heterocycles. The summed E-state index contributed by atoms with van der Waals surface area (Å²) in [6, 6.07) is 0.362. The number of nitrogens with zero attached hydrogens (tertiary/aromatic N) is 2. The molecule has 1 heterocycles. The van der Waals surface area contributed by atoms with E-state index in [1.165, 1.54) is 0 Å². The van der Waals surface area contributed by atoms with Crippen LogP contribution in [0.2, 0.25) is 0 Å². The Labute approximate surface area is 128 Å². The summed E-state index contributed by atoms with van der Waals surface area (Å²) in [5, 5.41) is 6.74. The van der Waals surface area contributed by atoms with E-state index in [0.717, 1.165) is 45.0 Å². The van der Waals surface area contributed by atoms with E-state index in [4.69, 9.17) is 4.74 Å². The summed E-state index contributed by atoms with van der Waals surface area (Å²) in [4.78, 5) is 18.0. The Morgan fingerprint density at radius 3 is 2.52 bits per heavy atom. The van der Waals surface area contributed by atoms with Crippen molar-refractivity contribution in [1.29, 1.82) is 0 Å². The molecule has 1 aliphatic heterocycles. The second-order valence-corrected chi connectivity index (χ2v) is 5.72. The fourth-order valence-corrected chi connectivity index (χ4v) is 2.21. The molecule has 6 heteroatoms. The van der Waals surface area contributed by atoms with E-state index in [1.807, 2.05) is 6.92 Å². The number of rotatable bonds is 5. The maximum atomic E-state index is 11.7. The molecule has 0 aromatic rings. The number of nitrogens with one attached hydrogen (secondary N) is 2. The highest BCUT2D eigenvalue weighted by molar-refractivity contribution is 5.80.